The summed E-state index contributed by atoms with van der Waals surface area (Å²) in [7, 11) is 1.24. The maximum Gasteiger partial charge on any atom is 1.00 e. The first-order valence-electron chi connectivity index (χ1n) is 4.17. The smallest absolute Gasteiger partial charge is 0.464 e. The molecule has 0 saturated heterocycles. The number of halogens is 5. The topological polar surface area (TPSA) is 18.5 Å². The molecule has 0 radical (unpaired) electrons. The Kier molecular flexibility index (Phi) is 7.19. The molecule has 9 heteroatoms. The van der Waals surface area contributed by atoms with Crippen LogP contribution in [0.25, 0.3) is 0 Å². The molecule has 0 aliphatic rings. The summed E-state index contributed by atoms with van der Waals surface area (Å²) in [5, 5.41) is 0. The summed E-state index contributed by atoms with van der Waals surface area (Å²) >= 11 is 0. The third kappa shape index (κ3) is 4.49. The van der Waals surface area contributed by atoms with Gasteiger partial charge in [0, 0.05) is 7.11 Å². The van der Waals surface area contributed by atoms with Crippen LogP contribution in [0.15, 0.2) is 12.1 Å². The monoisotopic (exact) mass is 280 g/mol. The second-order valence-corrected chi connectivity index (χ2v) is 2.91. The molecule has 0 bridgehead atoms. The van der Waals surface area contributed by atoms with Gasteiger partial charge < -0.3 is 22.4 Å². The molecule has 0 amide bonds. The molecule has 0 N–H and O–H groups in total. The molecule has 17 heavy (non-hydrogen) atoms. The molecule has 0 spiro atoms. The van der Waals surface area contributed by atoms with Crippen molar-refractivity contribution in [3.63, 3.8) is 0 Å². The number of rotatable bonds is 4. The van der Waals surface area contributed by atoms with Crippen molar-refractivity contribution in [3.05, 3.63) is 23.8 Å². The van der Waals surface area contributed by atoms with Gasteiger partial charge in [0.05, 0.1) is 0 Å². The Hall–Kier alpha value is 0.331. The maximum atomic E-state index is 13.1. The van der Waals surface area contributed by atoms with Crippen LogP contribution in [0.3, 0.4) is 0 Å². The van der Waals surface area contributed by atoms with Crippen molar-refractivity contribution in [3.8, 4) is 5.75 Å². The minimum absolute atomic E-state index is 0. The molecule has 1 rings (SSSR count). The molecule has 0 fully saturated rings. The molecule has 1 aromatic carbocycles. The van der Waals surface area contributed by atoms with Crippen LogP contribution in [0.5, 0.6) is 5.75 Å². The quantitative estimate of drug-likeness (QED) is 0.400. The minimum Gasteiger partial charge on any atom is -0.464 e. The number of hydrogen-bond acceptors (Lipinski definition) is 2. The largest absolute Gasteiger partial charge is 1.00 e. The van der Waals surface area contributed by atoms with Crippen LogP contribution >= 0.6 is 0 Å². The van der Waals surface area contributed by atoms with Gasteiger partial charge in [0.25, 0.3) is 0 Å². The summed E-state index contributed by atoms with van der Waals surface area (Å²) in [4.78, 5) is 0. The number of methoxy groups -OCH3 is 1. The zero-order chi connectivity index (χ0) is 12.3. The van der Waals surface area contributed by atoms with Gasteiger partial charge in [0.2, 0.25) is 0 Å². The van der Waals surface area contributed by atoms with E-state index < -0.39 is 29.8 Å². The van der Waals surface area contributed by atoms with Gasteiger partial charge in [-0.05, 0) is 6.07 Å². The Balaban J connectivity index is 0.00000256. The normalized spacial score (nSPS) is 10.9. The Labute approximate surface area is 137 Å². The molecule has 0 aliphatic heterocycles. The van der Waals surface area contributed by atoms with E-state index in [0.29, 0.717) is 12.1 Å². The third-order valence-electron chi connectivity index (χ3n) is 1.76. The minimum atomic E-state index is -5.58. The van der Waals surface area contributed by atoms with E-state index in [0.717, 1.165) is 0 Å². The van der Waals surface area contributed by atoms with Crippen LogP contribution in [-0.2, 0) is 4.74 Å². The van der Waals surface area contributed by atoms with Gasteiger partial charge in [-0.1, -0.05) is 11.5 Å². The summed E-state index contributed by atoms with van der Waals surface area (Å²) in [5.41, 5.74) is -1.61. The van der Waals surface area contributed by atoms with E-state index in [1.54, 1.807) is 0 Å². The molecule has 0 aromatic heterocycles. The zero-order valence-corrected chi connectivity index (χ0v) is 12.3. The molecule has 0 heterocycles. The van der Waals surface area contributed by atoms with Crippen LogP contribution in [0.1, 0.15) is 0 Å². The molecular weight excluding hydrogens is 273 g/mol. The zero-order valence-electron chi connectivity index (χ0n) is 9.15. The van der Waals surface area contributed by atoms with Crippen LogP contribution in [0.4, 0.5) is 21.7 Å². The van der Waals surface area contributed by atoms with Crippen molar-refractivity contribution >= 4 is 12.4 Å². The first kappa shape index (κ1) is 17.3. The molecule has 0 atom stereocenters. The van der Waals surface area contributed by atoms with E-state index in [1.807, 2.05) is 0 Å². The van der Waals surface area contributed by atoms with Gasteiger partial charge in [0.15, 0.2) is 18.4 Å². The van der Waals surface area contributed by atoms with Crippen molar-refractivity contribution in [2.45, 2.75) is 0 Å². The molecule has 0 unspecified atom stereocenters. The number of ether oxygens (including phenoxy) is 2. The summed E-state index contributed by atoms with van der Waals surface area (Å²) in [6, 6.07) is 1.14. The fourth-order valence-corrected chi connectivity index (χ4v) is 1.03. The van der Waals surface area contributed by atoms with Crippen molar-refractivity contribution < 1.29 is 82.6 Å². The molecule has 0 saturated carbocycles. The second kappa shape index (κ2) is 7.05. The second-order valence-electron chi connectivity index (χ2n) is 2.91. The summed E-state index contributed by atoms with van der Waals surface area (Å²) < 4.78 is 71.6. The molecular formula is C8H7BF5KO2. The Bertz CT molecular complexity index is 385. The third-order valence-corrected chi connectivity index (χ3v) is 1.76. The van der Waals surface area contributed by atoms with Gasteiger partial charge in [-0.25, -0.2) is 4.39 Å². The molecule has 0 aliphatic carbocycles. The maximum absolute atomic E-state index is 13.1. The Morgan fingerprint density at radius 2 is 1.71 bits per heavy atom. The fraction of sp³-hybridized carbons (Fsp3) is 0.250. The predicted molar refractivity (Wildman–Crippen MR) is 47.6 cm³/mol. The van der Waals surface area contributed by atoms with E-state index in [1.165, 1.54) is 7.11 Å². The number of benzene rings is 1. The van der Waals surface area contributed by atoms with Crippen molar-refractivity contribution in [2.24, 2.45) is 0 Å². The van der Waals surface area contributed by atoms with Crippen LogP contribution < -0.4 is 61.6 Å². The van der Waals surface area contributed by atoms with E-state index in [4.69, 9.17) is 0 Å². The van der Waals surface area contributed by atoms with Crippen LogP contribution in [0.2, 0.25) is 0 Å². The average Bonchev–Trinajstić information content (AvgIpc) is 2.18. The van der Waals surface area contributed by atoms with Crippen molar-refractivity contribution in [2.75, 3.05) is 13.9 Å². The summed E-state index contributed by atoms with van der Waals surface area (Å²) in [6.45, 7) is -5.96. The van der Waals surface area contributed by atoms with E-state index in [9.17, 15) is 21.7 Å². The Morgan fingerprint density at radius 1 is 1.12 bits per heavy atom. The van der Waals surface area contributed by atoms with Gasteiger partial charge >= 0.3 is 58.4 Å². The average molecular weight is 280 g/mol. The molecule has 1 aromatic rings. The SMILES string of the molecule is COCOc1ccc([B-](F)(F)F)c(F)c1F.[K+]. The van der Waals surface area contributed by atoms with Crippen molar-refractivity contribution in [1.82, 2.24) is 0 Å². The Morgan fingerprint density at radius 3 is 2.18 bits per heavy atom. The summed E-state index contributed by atoms with van der Waals surface area (Å²) in [6.07, 6.45) is 0. The van der Waals surface area contributed by atoms with Crippen LogP contribution in [-0.4, -0.2) is 20.9 Å². The van der Waals surface area contributed by atoms with E-state index in [-0.39, 0.29) is 58.2 Å². The first-order chi connectivity index (χ1) is 7.38. The van der Waals surface area contributed by atoms with Gasteiger partial charge in [-0.15, -0.1) is 0 Å². The number of hydrogen-bond donors (Lipinski definition) is 0. The van der Waals surface area contributed by atoms with Gasteiger partial charge in [0.1, 0.15) is 5.82 Å². The predicted octanol–water partition coefficient (Wildman–Crippen LogP) is -0.994. The molecule has 2 nitrogen and oxygen atoms in total. The van der Waals surface area contributed by atoms with Gasteiger partial charge in [-0.3, -0.25) is 0 Å². The fourth-order valence-electron chi connectivity index (χ4n) is 1.03. The standard InChI is InChI=1S/C8H7BF5O2.K/c1-15-4-16-6-3-2-5(9(12,13)14)7(10)8(6)11;/h2-3H,4H2,1H3;/q-1;+1. The van der Waals surface area contributed by atoms with E-state index in [2.05, 4.69) is 9.47 Å². The van der Waals surface area contributed by atoms with Gasteiger partial charge in [-0.2, -0.15) is 4.39 Å². The van der Waals surface area contributed by atoms with Crippen LogP contribution in [0, 0.1) is 11.6 Å². The first-order valence-corrected chi connectivity index (χ1v) is 4.17. The molecule has 90 valence electrons. The van der Waals surface area contributed by atoms with E-state index >= 15 is 0 Å². The summed E-state index contributed by atoms with van der Waals surface area (Å²) in [5.74, 6) is -4.25. The van der Waals surface area contributed by atoms with Crippen molar-refractivity contribution in [1.29, 1.82) is 0 Å².